The summed E-state index contributed by atoms with van der Waals surface area (Å²) in [4.78, 5) is 10.3. The van der Waals surface area contributed by atoms with E-state index in [4.69, 9.17) is 5.73 Å². The zero-order valence-electron chi connectivity index (χ0n) is 11.7. The summed E-state index contributed by atoms with van der Waals surface area (Å²) in [6.07, 6.45) is 8.30. The first-order chi connectivity index (χ1) is 9.15. The van der Waals surface area contributed by atoms with Gasteiger partial charge in [0.15, 0.2) is 0 Å². The highest BCUT2D eigenvalue weighted by molar-refractivity contribution is 5.35. The van der Waals surface area contributed by atoms with E-state index in [1.807, 2.05) is 6.07 Å². The first-order valence-corrected chi connectivity index (χ1v) is 7.15. The van der Waals surface area contributed by atoms with Crippen LogP contribution in [0.2, 0.25) is 0 Å². The number of hydrogen-bond acceptors (Lipinski definition) is 3. The van der Waals surface area contributed by atoms with Crippen LogP contribution in [0.5, 0.6) is 0 Å². The summed E-state index contributed by atoms with van der Waals surface area (Å²) in [5.41, 5.74) is 7.07. The molecule has 2 N–H and O–H groups in total. The lowest BCUT2D eigenvalue weighted by Gasteiger charge is -2.11. The van der Waals surface area contributed by atoms with E-state index >= 15 is 0 Å². The molecule has 0 radical (unpaired) electrons. The predicted molar refractivity (Wildman–Crippen MR) is 78.0 cm³/mol. The zero-order valence-corrected chi connectivity index (χ0v) is 11.7. The molecule has 0 bridgehead atoms. The van der Waals surface area contributed by atoms with E-state index in [0.717, 1.165) is 18.4 Å². The van der Waals surface area contributed by atoms with Crippen molar-refractivity contribution in [2.24, 2.45) is 5.73 Å². The average molecular weight is 264 g/mol. The summed E-state index contributed by atoms with van der Waals surface area (Å²) in [7, 11) is 0. The van der Waals surface area contributed by atoms with Crippen LogP contribution in [0.3, 0.4) is 0 Å². The molecule has 0 saturated heterocycles. The molecule has 0 fully saturated rings. The van der Waals surface area contributed by atoms with Gasteiger partial charge in [-0.2, -0.15) is 0 Å². The Hall–Kier alpha value is -1.42. The zero-order chi connectivity index (χ0) is 14.1. The summed E-state index contributed by atoms with van der Waals surface area (Å²) in [5.74, 6) is 0. The first-order valence-electron chi connectivity index (χ1n) is 7.15. The van der Waals surface area contributed by atoms with Crippen molar-refractivity contribution in [3.05, 3.63) is 39.9 Å². The van der Waals surface area contributed by atoms with Crippen LogP contribution in [0, 0.1) is 10.1 Å². The minimum Gasteiger partial charge on any atom is -0.324 e. The summed E-state index contributed by atoms with van der Waals surface area (Å²) in [5, 5.41) is 10.7. The third kappa shape index (κ3) is 5.83. The van der Waals surface area contributed by atoms with Crippen molar-refractivity contribution >= 4 is 5.69 Å². The number of nitrogens with two attached hydrogens (primary N) is 1. The highest BCUT2D eigenvalue weighted by Gasteiger charge is 2.10. The summed E-state index contributed by atoms with van der Waals surface area (Å²) in [6.45, 7) is 2.21. The molecule has 0 saturated carbocycles. The number of nitro groups is 1. The number of nitrogens with zero attached hydrogens (tertiary/aromatic N) is 1. The average Bonchev–Trinajstić information content (AvgIpc) is 2.42. The van der Waals surface area contributed by atoms with Gasteiger partial charge in [-0.15, -0.1) is 0 Å². The lowest BCUT2D eigenvalue weighted by molar-refractivity contribution is -0.384. The lowest BCUT2D eigenvalue weighted by Crippen LogP contribution is -2.10. The molecule has 1 unspecified atom stereocenters. The van der Waals surface area contributed by atoms with Crippen LogP contribution in [-0.2, 0) is 0 Å². The maximum absolute atomic E-state index is 10.7. The molecule has 4 nitrogen and oxygen atoms in total. The van der Waals surface area contributed by atoms with Crippen molar-refractivity contribution in [3.8, 4) is 0 Å². The summed E-state index contributed by atoms with van der Waals surface area (Å²) >= 11 is 0. The minimum atomic E-state index is -0.374. The maximum atomic E-state index is 10.7. The molecule has 0 aliphatic carbocycles. The van der Waals surface area contributed by atoms with Gasteiger partial charge in [0.1, 0.15) is 0 Å². The van der Waals surface area contributed by atoms with Gasteiger partial charge in [0.25, 0.3) is 5.69 Å². The second-order valence-electron chi connectivity index (χ2n) is 5.02. The molecule has 19 heavy (non-hydrogen) atoms. The van der Waals surface area contributed by atoms with Crippen molar-refractivity contribution < 1.29 is 4.92 Å². The minimum absolute atomic E-state index is 0.0916. The Kier molecular flexibility index (Phi) is 7.11. The predicted octanol–water partition coefficient (Wildman–Crippen LogP) is 4.35. The Labute approximate surface area is 115 Å². The fourth-order valence-electron chi connectivity index (χ4n) is 2.18. The van der Waals surface area contributed by atoms with E-state index < -0.39 is 0 Å². The van der Waals surface area contributed by atoms with Gasteiger partial charge in [-0.05, 0) is 12.0 Å². The fourth-order valence-corrected chi connectivity index (χ4v) is 2.18. The molecule has 1 rings (SSSR count). The first kappa shape index (κ1) is 15.6. The molecule has 0 aromatic heterocycles. The van der Waals surface area contributed by atoms with Crippen LogP contribution in [-0.4, -0.2) is 4.92 Å². The van der Waals surface area contributed by atoms with Crippen LogP contribution in [0.25, 0.3) is 0 Å². The number of unbranched alkanes of at least 4 members (excludes halogenated alkanes) is 5. The molecule has 0 heterocycles. The number of hydrogen-bond donors (Lipinski definition) is 1. The fraction of sp³-hybridized carbons (Fsp3) is 0.600. The number of nitro benzene ring substituents is 1. The normalized spacial score (nSPS) is 12.3. The topological polar surface area (TPSA) is 69.2 Å². The van der Waals surface area contributed by atoms with Crippen LogP contribution >= 0.6 is 0 Å². The Bertz CT molecular complexity index is 393. The molecule has 106 valence electrons. The van der Waals surface area contributed by atoms with Gasteiger partial charge >= 0.3 is 0 Å². The van der Waals surface area contributed by atoms with Crippen LogP contribution in [0.4, 0.5) is 5.69 Å². The second-order valence-corrected chi connectivity index (χ2v) is 5.02. The van der Waals surface area contributed by atoms with Gasteiger partial charge in [-0.1, -0.05) is 57.6 Å². The quantitative estimate of drug-likeness (QED) is 0.409. The smallest absolute Gasteiger partial charge is 0.269 e. The van der Waals surface area contributed by atoms with E-state index in [-0.39, 0.29) is 16.7 Å². The third-order valence-corrected chi connectivity index (χ3v) is 3.38. The Morgan fingerprint density at radius 2 is 1.89 bits per heavy atom. The highest BCUT2D eigenvalue weighted by Crippen LogP contribution is 2.22. The van der Waals surface area contributed by atoms with E-state index in [1.165, 1.54) is 38.2 Å². The molecular formula is C15H24N2O2. The van der Waals surface area contributed by atoms with Gasteiger partial charge in [-0.3, -0.25) is 10.1 Å². The largest absolute Gasteiger partial charge is 0.324 e. The maximum Gasteiger partial charge on any atom is 0.269 e. The van der Waals surface area contributed by atoms with Crippen molar-refractivity contribution in [3.63, 3.8) is 0 Å². The van der Waals surface area contributed by atoms with E-state index in [2.05, 4.69) is 6.92 Å². The number of non-ortho nitro benzene ring substituents is 1. The molecule has 0 aliphatic rings. The van der Waals surface area contributed by atoms with Crippen molar-refractivity contribution in [2.75, 3.05) is 0 Å². The molecule has 0 amide bonds. The van der Waals surface area contributed by atoms with Gasteiger partial charge in [0.2, 0.25) is 0 Å². The summed E-state index contributed by atoms with van der Waals surface area (Å²) < 4.78 is 0. The third-order valence-electron chi connectivity index (χ3n) is 3.38. The lowest BCUT2D eigenvalue weighted by atomic mass is 10.00. The standard InChI is InChI=1S/C15H24N2O2/c1-2-3-4-5-6-7-11-15(16)13-9-8-10-14(12-13)17(18)19/h8-10,12,15H,2-7,11,16H2,1H3. The van der Waals surface area contributed by atoms with Crippen LogP contribution < -0.4 is 5.73 Å². The molecule has 0 aliphatic heterocycles. The monoisotopic (exact) mass is 264 g/mol. The van der Waals surface area contributed by atoms with Crippen molar-refractivity contribution in [2.45, 2.75) is 57.9 Å². The van der Waals surface area contributed by atoms with E-state index in [0.29, 0.717) is 0 Å². The molecular weight excluding hydrogens is 240 g/mol. The van der Waals surface area contributed by atoms with E-state index in [1.54, 1.807) is 12.1 Å². The molecule has 4 heteroatoms. The number of benzene rings is 1. The SMILES string of the molecule is CCCCCCCCC(N)c1cccc([N+](=O)[O-])c1. The Balaban J connectivity index is 2.34. The van der Waals surface area contributed by atoms with Crippen molar-refractivity contribution in [1.29, 1.82) is 0 Å². The number of rotatable bonds is 9. The van der Waals surface area contributed by atoms with Gasteiger partial charge in [-0.25, -0.2) is 0 Å². The van der Waals surface area contributed by atoms with E-state index in [9.17, 15) is 10.1 Å². The van der Waals surface area contributed by atoms with Crippen LogP contribution in [0.15, 0.2) is 24.3 Å². The molecule has 1 aromatic carbocycles. The highest BCUT2D eigenvalue weighted by atomic mass is 16.6. The summed E-state index contributed by atoms with van der Waals surface area (Å²) in [6, 6.07) is 6.57. The van der Waals surface area contributed by atoms with Crippen LogP contribution in [0.1, 0.15) is 63.5 Å². The Morgan fingerprint density at radius 3 is 2.58 bits per heavy atom. The van der Waals surface area contributed by atoms with Crippen molar-refractivity contribution in [1.82, 2.24) is 0 Å². The molecule has 1 aromatic rings. The van der Waals surface area contributed by atoms with Gasteiger partial charge < -0.3 is 5.73 Å². The molecule has 0 spiro atoms. The Morgan fingerprint density at radius 1 is 1.21 bits per heavy atom. The van der Waals surface area contributed by atoms with Gasteiger partial charge in [0, 0.05) is 18.2 Å². The molecule has 1 atom stereocenters. The second kappa shape index (κ2) is 8.64. The van der Waals surface area contributed by atoms with Gasteiger partial charge in [0.05, 0.1) is 4.92 Å².